The average Bonchev–Trinajstić information content (AvgIpc) is 2.58. The van der Waals surface area contributed by atoms with Crippen LogP contribution in [0.15, 0.2) is 30.5 Å². The van der Waals surface area contributed by atoms with E-state index < -0.39 is 11.6 Å². The van der Waals surface area contributed by atoms with Gasteiger partial charge >= 0.3 is 0 Å². The van der Waals surface area contributed by atoms with Gasteiger partial charge in [0.15, 0.2) is 0 Å². The third kappa shape index (κ3) is 4.57. The molecule has 3 rings (SSSR count). The van der Waals surface area contributed by atoms with E-state index in [0.717, 1.165) is 49.6 Å². The van der Waals surface area contributed by atoms with Gasteiger partial charge in [0.1, 0.15) is 17.5 Å². The lowest BCUT2D eigenvalue weighted by molar-refractivity contribution is -0.117. The highest BCUT2D eigenvalue weighted by Crippen LogP contribution is 2.25. The van der Waals surface area contributed by atoms with E-state index in [0.29, 0.717) is 5.92 Å². The highest BCUT2D eigenvalue weighted by Gasteiger charge is 2.24. The van der Waals surface area contributed by atoms with E-state index in [-0.39, 0.29) is 18.1 Å². The number of aryl methyl sites for hydroxylation is 1. The van der Waals surface area contributed by atoms with E-state index in [4.69, 9.17) is 0 Å². The molecule has 5 nitrogen and oxygen atoms in total. The number of rotatable bonds is 4. The monoisotopic (exact) mass is 346 g/mol. The molecule has 1 N–H and O–H groups in total. The molecule has 1 aromatic heterocycles. The van der Waals surface area contributed by atoms with E-state index in [1.165, 1.54) is 6.07 Å². The molecule has 0 unspecified atom stereocenters. The summed E-state index contributed by atoms with van der Waals surface area (Å²) in [6.07, 6.45) is 3.53. The fourth-order valence-corrected chi connectivity index (χ4v) is 3.00. The van der Waals surface area contributed by atoms with Gasteiger partial charge in [-0.1, -0.05) is 0 Å². The number of nitrogens with one attached hydrogen (secondary N) is 1. The molecule has 132 valence electrons. The van der Waals surface area contributed by atoms with Crippen LogP contribution >= 0.6 is 0 Å². The van der Waals surface area contributed by atoms with Crippen LogP contribution in [0, 0.1) is 18.6 Å². The van der Waals surface area contributed by atoms with Crippen LogP contribution in [-0.4, -0.2) is 40.4 Å². The summed E-state index contributed by atoms with van der Waals surface area (Å²) in [6, 6.07) is 4.97. The van der Waals surface area contributed by atoms with Gasteiger partial charge in [0, 0.05) is 23.9 Å². The van der Waals surface area contributed by atoms with Crippen LogP contribution in [0.3, 0.4) is 0 Å². The number of benzene rings is 1. The zero-order valence-electron chi connectivity index (χ0n) is 14.0. The number of hydrogen-bond acceptors (Lipinski definition) is 4. The zero-order chi connectivity index (χ0) is 17.8. The third-order valence-electron chi connectivity index (χ3n) is 4.34. The van der Waals surface area contributed by atoms with Crippen molar-refractivity contribution in [2.24, 2.45) is 0 Å². The molecule has 1 fully saturated rings. The van der Waals surface area contributed by atoms with Crippen LogP contribution in [0.25, 0.3) is 0 Å². The highest BCUT2D eigenvalue weighted by molar-refractivity contribution is 5.92. The second-order valence-corrected chi connectivity index (χ2v) is 6.28. The minimum absolute atomic E-state index is 0.00514. The first-order valence-corrected chi connectivity index (χ1v) is 8.28. The molecule has 0 bridgehead atoms. The molecular weight excluding hydrogens is 326 g/mol. The van der Waals surface area contributed by atoms with Gasteiger partial charge in [0.2, 0.25) is 5.91 Å². The summed E-state index contributed by atoms with van der Waals surface area (Å²) in [4.78, 5) is 22.9. The Balaban J connectivity index is 1.51. The number of likely N-dealkylation sites (tertiary alicyclic amines) is 1. The lowest BCUT2D eigenvalue weighted by Crippen LogP contribution is -2.39. The molecule has 0 atom stereocenters. The summed E-state index contributed by atoms with van der Waals surface area (Å²) in [5.74, 6) is -0.596. The molecule has 1 aliphatic heterocycles. The first-order chi connectivity index (χ1) is 12.0. The van der Waals surface area contributed by atoms with Crippen molar-refractivity contribution in [2.75, 3.05) is 25.0 Å². The molecule has 2 heterocycles. The van der Waals surface area contributed by atoms with Crippen molar-refractivity contribution in [2.45, 2.75) is 25.7 Å². The van der Waals surface area contributed by atoms with Gasteiger partial charge < -0.3 is 5.32 Å². The highest BCUT2D eigenvalue weighted by atomic mass is 19.1. The van der Waals surface area contributed by atoms with Crippen molar-refractivity contribution in [1.82, 2.24) is 14.9 Å². The van der Waals surface area contributed by atoms with Crippen LogP contribution in [-0.2, 0) is 4.79 Å². The largest absolute Gasteiger partial charge is 0.322 e. The Hall–Kier alpha value is -2.41. The van der Waals surface area contributed by atoms with Gasteiger partial charge in [-0.25, -0.2) is 18.7 Å². The van der Waals surface area contributed by atoms with Crippen molar-refractivity contribution in [1.29, 1.82) is 0 Å². The number of carbonyl (C=O) groups is 1. The first-order valence-electron chi connectivity index (χ1n) is 8.28. The maximum Gasteiger partial charge on any atom is 0.238 e. The SMILES string of the molecule is Cc1ccnc(C2CCN(CC(=O)Nc3ccc(F)cc3F)CC2)n1. The normalized spacial score (nSPS) is 16.0. The molecule has 1 aromatic carbocycles. The number of anilines is 1. The van der Waals surface area contributed by atoms with Crippen LogP contribution in [0.4, 0.5) is 14.5 Å². The van der Waals surface area contributed by atoms with E-state index in [1.807, 2.05) is 17.9 Å². The summed E-state index contributed by atoms with van der Waals surface area (Å²) in [5, 5.41) is 2.49. The van der Waals surface area contributed by atoms with Crippen molar-refractivity contribution in [3.8, 4) is 0 Å². The second kappa shape index (κ2) is 7.65. The molecule has 2 aromatic rings. The number of halogens is 2. The summed E-state index contributed by atoms with van der Waals surface area (Å²) in [7, 11) is 0. The van der Waals surface area contributed by atoms with Crippen molar-refractivity contribution in [3.05, 3.63) is 53.6 Å². The molecule has 0 saturated carbocycles. The quantitative estimate of drug-likeness (QED) is 0.925. The molecule has 1 amide bonds. The Labute approximate surface area is 145 Å². The molecular formula is C18H20F2N4O. The molecule has 0 spiro atoms. The summed E-state index contributed by atoms with van der Waals surface area (Å²) >= 11 is 0. The Morgan fingerprint density at radius 2 is 2.04 bits per heavy atom. The lowest BCUT2D eigenvalue weighted by Gasteiger charge is -2.30. The number of hydrogen-bond donors (Lipinski definition) is 1. The van der Waals surface area contributed by atoms with E-state index in [1.54, 1.807) is 6.20 Å². The third-order valence-corrected chi connectivity index (χ3v) is 4.34. The number of carbonyl (C=O) groups excluding carboxylic acids is 1. The predicted molar refractivity (Wildman–Crippen MR) is 90.2 cm³/mol. The Morgan fingerprint density at radius 3 is 2.72 bits per heavy atom. The van der Waals surface area contributed by atoms with Crippen molar-refractivity contribution >= 4 is 11.6 Å². The number of piperidine rings is 1. The minimum Gasteiger partial charge on any atom is -0.322 e. The van der Waals surface area contributed by atoms with Gasteiger partial charge in [-0.15, -0.1) is 0 Å². The van der Waals surface area contributed by atoms with E-state index >= 15 is 0 Å². The van der Waals surface area contributed by atoms with Crippen molar-refractivity contribution < 1.29 is 13.6 Å². The molecule has 0 aliphatic carbocycles. The topological polar surface area (TPSA) is 58.1 Å². The Morgan fingerprint density at radius 1 is 1.28 bits per heavy atom. The average molecular weight is 346 g/mol. The summed E-state index contributed by atoms with van der Waals surface area (Å²) in [6.45, 7) is 3.63. The maximum absolute atomic E-state index is 13.6. The molecule has 7 heteroatoms. The van der Waals surface area contributed by atoms with Gasteiger partial charge in [-0.2, -0.15) is 0 Å². The Kier molecular flexibility index (Phi) is 5.33. The van der Waals surface area contributed by atoms with E-state index in [9.17, 15) is 13.6 Å². The summed E-state index contributed by atoms with van der Waals surface area (Å²) in [5.41, 5.74) is 0.947. The predicted octanol–water partition coefficient (Wildman–Crippen LogP) is 2.88. The standard InChI is InChI=1S/C18H20F2N4O/c1-12-4-7-21-18(22-12)13-5-8-24(9-6-13)11-17(25)23-16-3-2-14(19)10-15(16)20/h2-4,7,10,13H,5-6,8-9,11H2,1H3,(H,23,25). The van der Waals surface area contributed by atoms with Crippen molar-refractivity contribution in [3.63, 3.8) is 0 Å². The smallest absolute Gasteiger partial charge is 0.238 e. The fourth-order valence-electron chi connectivity index (χ4n) is 3.00. The van der Waals surface area contributed by atoms with Crippen LogP contribution in [0.5, 0.6) is 0 Å². The van der Waals surface area contributed by atoms with Crippen LogP contribution in [0.2, 0.25) is 0 Å². The van der Waals surface area contributed by atoms with E-state index in [2.05, 4.69) is 15.3 Å². The Bertz CT molecular complexity index is 760. The molecule has 0 radical (unpaired) electrons. The lowest BCUT2D eigenvalue weighted by atomic mass is 9.96. The van der Waals surface area contributed by atoms with Crippen LogP contribution in [0.1, 0.15) is 30.3 Å². The number of aromatic nitrogens is 2. The number of amides is 1. The summed E-state index contributed by atoms with van der Waals surface area (Å²) < 4.78 is 26.5. The number of nitrogens with zero attached hydrogens (tertiary/aromatic N) is 3. The second-order valence-electron chi connectivity index (χ2n) is 6.28. The van der Waals surface area contributed by atoms with Gasteiger partial charge in [-0.05, 0) is 51.1 Å². The minimum atomic E-state index is -0.774. The van der Waals surface area contributed by atoms with Gasteiger partial charge in [0.25, 0.3) is 0 Å². The van der Waals surface area contributed by atoms with Gasteiger partial charge in [-0.3, -0.25) is 9.69 Å². The first kappa shape index (κ1) is 17.4. The zero-order valence-corrected chi connectivity index (χ0v) is 14.0. The van der Waals surface area contributed by atoms with Gasteiger partial charge in [0.05, 0.1) is 12.2 Å². The maximum atomic E-state index is 13.6. The molecule has 25 heavy (non-hydrogen) atoms. The molecule has 1 saturated heterocycles. The fraction of sp³-hybridized carbons (Fsp3) is 0.389. The van der Waals surface area contributed by atoms with Crippen LogP contribution < -0.4 is 5.32 Å². The molecule has 1 aliphatic rings.